The van der Waals surface area contributed by atoms with Crippen molar-refractivity contribution >= 4 is 15.9 Å². The van der Waals surface area contributed by atoms with Crippen LogP contribution in [-0.4, -0.2) is 20.9 Å². The fourth-order valence-corrected chi connectivity index (χ4v) is 3.42. The number of benzene rings is 2. The number of aryl methyl sites for hydroxylation is 2. The second kappa shape index (κ2) is 8.61. The van der Waals surface area contributed by atoms with Gasteiger partial charge in [-0.25, -0.2) is 13.1 Å². The number of amides is 1. The van der Waals surface area contributed by atoms with Crippen LogP contribution in [0.2, 0.25) is 0 Å². The maximum absolute atomic E-state index is 12.3. The lowest BCUT2D eigenvalue weighted by Crippen LogP contribution is -2.30. The van der Waals surface area contributed by atoms with Gasteiger partial charge in [-0.3, -0.25) is 4.79 Å². The highest BCUT2D eigenvalue weighted by Gasteiger charge is 2.14. The van der Waals surface area contributed by atoms with Crippen LogP contribution in [0, 0.1) is 25.2 Å². The molecule has 0 saturated heterocycles. The van der Waals surface area contributed by atoms with Gasteiger partial charge in [-0.15, -0.1) is 0 Å². The normalized spacial score (nSPS) is 11.0. The van der Waals surface area contributed by atoms with E-state index in [0.717, 1.165) is 16.7 Å². The molecule has 0 radical (unpaired) electrons. The first-order valence-corrected chi connectivity index (χ1v) is 9.63. The Bertz CT molecular complexity index is 947. The van der Waals surface area contributed by atoms with Crippen LogP contribution in [0.25, 0.3) is 0 Å². The van der Waals surface area contributed by atoms with E-state index in [2.05, 4.69) is 10.0 Å². The van der Waals surface area contributed by atoms with Gasteiger partial charge < -0.3 is 5.32 Å². The summed E-state index contributed by atoms with van der Waals surface area (Å²) in [4.78, 5) is 12.1. The molecule has 2 aromatic rings. The molecular weight excluding hydrogens is 350 g/mol. The summed E-state index contributed by atoms with van der Waals surface area (Å²) in [6, 6.07) is 13.9. The topological polar surface area (TPSA) is 99.1 Å². The largest absolute Gasteiger partial charge is 0.352 e. The number of sulfonamides is 1. The average Bonchev–Trinajstić information content (AvgIpc) is 2.62. The minimum atomic E-state index is -3.64. The smallest absolute Gasteiger partial charge is 0.240 e. The van der Waals surface area contributed by atoms with Gasteiger partial charge in [0.25, 0.3) is 0 Å². The number of nitrogens with zero attached hydrogens (tertiary/aromatic N) is 1. The maximum atomic E-state index is 12.3. The summed E-state index contributed by atoms with van der Waals surface area (Å²) in [6.07, 6.45) is 0.0298. The highest BCUT2D eigenvalue weighted by molar-refractivity contribution is 7.89. The summed E-state index contributed by atoms with van der Waals surface area (Å²) in [5, 5.41) is 11.6. The molecule has 0 aliphatic heterocycles. The minimum Gasteiger partial charge on any atom is -0.352 e. The van der Waals surface area contributed by atoms with Crippen molar-refractivity contribution < 1.29 is 13.2 Å². The van der Waals surface area contributed by atoms with Crippen molar-refractivity contribution in [2.24, 2.45) is 0 Å². The molecule has 1 amide bonds. The third-order valence-electron chi connectivity index (χ3n) is 3.98. The van der Waals surface area contributed by atoms with Gasteiger partial charge in [-0.1, -0.05) is 18.2 Å². The van der Waals surface area contributed by atoms with E-state index in [0.29, 0.717) is 5.56 Å². The Morgan fingerprint density at radius 1 is 1.12 bits per heavy atom. The van der Waals surface area contributed by atoms with E-state index < -0.39 is 10.0 Å². The molecule has 2 rings (SSSR count). The summed E-state index contributed by atoms with van der Waals surface area (Å²) in [5.41, 5.74) is 3.25. The molecule has 26 heavy (non-hydrogen) atoms. The van der Waals surface area contributed by atoms with Crippen LogP contribution in [0.15, 0.2) is 47.4 Å². The van der Waals surface area contributed by atoms with E-state index in [4.69, 9.17) is 5.26 Å². The first-order chi connectivity index (χ1) is 12.3. The average molecular weight is 371 g/mol. The molecule has 0 saturated carbocycles. The number of nitriles is 1. The Kier molecular flexibility index (Phi) is 6.50. The van der Waals surface area contributed by atoms with Gasteiger partial charge in [0.15, 0.2) is 0 Å². The predicted molar refractivity (Wildman–Crippen MR) is 98.7 cm³/mol. The predicted octanol–water partition coefficient (Wildman–Crippen LogP) is 2.16. The molecule has 0 fully saturated rings. The summed E-state index contributed by atoms with van der Waals surface area (Å²) in [7, 11) is -3.64. The van der Waals surface area contributed by atoms with Crippen molar-refractivity contribution in [2.45, 2.75) is 31.7 Å². The number of rotatable bonds is 7. The van der Waals surface area contributed by atoms with E-state index in [9.17, 15) is 13.2 Å². The van der Waals surface area contributed by atoms with E-state index >= 15 is 0 Å². The maximum Gasteiger partial charge on any atom is 0.240 e. The number of hydrogen-bond donors (Lipinski definition) is 2. The lowest BCUT2D eigenvalue weighted by Gasteiger charge is -2.09. The Morgan fingerprint density at radius 2 is 1.88 bits per heavy atom. The Morgan fingerprint density at radius 3 is 2.58 bits per heavy atom. The zero-order valence-electron chi connectivity index (χ0n) is 14.7. The highest BCUT2D eigenvalue weighted by Crippen LogP contribution is 2.14. The summed E-state index contributed by atoms with van der Waals surface area (Å²) in [6.45, 7) is 4.07. The van der Waals surface area contributed by atoms with Crippen molar-refractivity contribution in [1.29, 1.82) is 5.26 Å². The monoisotopic (exact) mass is 371 g/mol. The SMILES string of the molecule is Cc1ccc(S(=O)(=O)NCCC(=O)NCc2cccc(C#N)c2)cc1C. The van der Waals surface area contributed by atoms with Crippen LogP contribution >= 0.6 is 0 Å². The minimum absolute atomic E-state index is 0.0132. The Labute approximate surface area is 153 Å². The van der Waals surface area contributed by atoms with Crippen LogP contribution in [-0.2, 0) is 21.4 Å². The lowest BCUT2D eigenvalue weighted by molar-refractivity contribution is -0.121. The molecule has 6 nitrogen and oxygen atoms in total. The fraction of sp³-hybridized carbons (Fsp3) is 0.263. The highest BCUT2D eigenvalue weighted by atomic mass is 32.2. The van der Waals surface area contributed by atoms with Crippen molar-refractivity contribution in [3.63, 3.8) is 0 Å². The molecule has 2 aromatic carbocycles. The van der Waals surface area contributed by atoms with Gasteiger partial charge in [0, 0.05) is 19.5 Å². The van der Waals surface area contributed by atoms with Crippen molar-refractivity contribution in [3.8, 4) is 6.07 Å². The molecule has 2 N–H and O–H groups in total. The first kappa shape index (κ1) is 19.6. The summed E-state index contributed by atoms with van der Waals surface area (Å²) >= 11 is 0. The fourth-order valence-electron chi connectivity index (χ4n) is 2.30. The zero-order valence-corrected chi connectivity index (χ0v) is 15.6. The molecule has 0 unspecified atom stereocenters. The number of hydrogen-bond acceptors (Lipinski definition) is 4. The van der Waals surface area contributed by atoms with Crippen LogP contribution in [0.5, 0.6) is 0 Å². The van der Waals surface area contributed by atoms with Crippen LogP contribution in [0.1, 0.15) is 28.7 Å². The molecule has 0 aliphatic rings. The number of nitrogens with one attached hydrogen (secondary N) is 2. The Hall–Kier alpha value is -2.69. The molecule has 0 aliphatic carbocycles. The van der Waals surface area contributed by atoms with Gasteiger partial charge in [-0.2, -0.15) is 5.26 Å². The third-order valence-corrected chi connectivity index (χ3v) is 5.44. The zero-order chi connectivity index (χ0) is 19.2. The van der Waals surface area contributed by atoms with Crippen molar-refractivity contribution in [1.82, 2.24) is 10.0 Å². The van der Waals surface area contributed by atoms with E-state index in [1.807, 2.05) is 26.0 Å². The van der Waals surface area contributed by atoms with Crippen molar-refractivity contribution in [3.05, 3.63) is 64.7 Å². The number of carbonyl (C=O) groups excluding carboxylic acids is 1. The number of carbonyl (C=O) groups is 1. The first-order valence-electron chi connectivity index (χ1n) is 8.14. The quantitative estimate of drug-likeness (QED) is 0.779. The van der Waals surface area contributed by atoms with Crippen LogP contribution < -0.4 is 10.0 Å². The van der Waals surface area contributed by atoms with E-state index in [-0.39, 0.29) is 30.3 Å². The summed E-state index contributed by atoms with van der Waals surface area (Å²) in [5.74, 6) is -0.268. The molecule has 7 heteroatoms. The second-order valence-electron chi connectivity index (χ2n) is 5.98. The van der Waals surface area contributed by atoms with Gasteiger partial charge in [-0.05, 0) is 54.8 Å². The van der Waals surface area contributed by atoms with Gasteiger partial charge in [0.1, 0.15) is 0 Å². The van der Waals surface area contributed by atoms with E-state index in [1.54, 1.807) is 36.4 Å². The molecule has 0 bridgehead atoms. The lowest BCUT2D eigenvalue weighted by atomic mass is 10.1. The van der Waals surface area contributed by atoms with Gasteiger partial charge >= 0.3 is 0 Å². The molecule has 136 valence electrons. The summed E-state index contributed by atoms with van der Waals surface area (Å²) < 4.78 is 26.9. The van der Waals surface area contributed by atoms with E-state index in [1.165, 1.54) is 0 Å². The van der Waals surface area contributed by atoms with Gasteiger partial charge in [0.05, 0.1) is 16.5 Å². The molecule has 0 spiro atoms. The second-order valence-corrected chi connectivity index (χ2v) is 7.75. The Balaban J connectivity index is 1.83. The van der Waals surface area contributed by atoms with Gasteiger partial charge in [0.2, 0.25) is 15.9 Å². The molecular formula is C19H21N3O3S. The molecule has 0 atom stereocenters. The third kappa shape index (κ3) is 5.41. The molecule has 0 aromatic heterocycles. The van der Waals surface area contributed by atoms with Crippen LogP contribution in [0.4, 0.5) is 0 Å². The van der Waals surface area contributed by atoms with Crippen LogP contribution in [0.3, 0.4) is 0 Å². The van der Waals surface area contributed by atoms with Crippen molar-refractivity contribution in [2.75, 3.05) is 6.54 Å². The standard InChI is InChI=1S/C19H21N3O3S/c1-14-6-7-18(10-15(14)2)26(24,25)22-9-8-19(23)21-13-17-5-3-4-16(11-17)12-20/h3-7,10-11,22H,8-9,13H2,1-2H3,(H,21,23). The molecule has 0 heterocycles.